The number of hydrogen-bond donors (Lipinski definition) is 0. The Bertz CT molecular complexity index is 908. The van der Waals surface area contributed by atoms with Gasteiger partial charge in [0.15, 0.2) is 6.61 Å². The molecule has 0 bridgehead atoms. The van der Waals surface area contributed by atoms with E-state index in [1.165, 1.54) is 0 Å². The Labute approximate surface area is 166 Å². The fraction of sp³-hybridized carbons (Fsp3) is 0.522. The lowest BCUT2D eigenvalue weighted by atomic mass is 9.84. The molecule has 0 radical (unpaired) electrons. The number of carbonyl (C=O) groups excluding carboxylic acids is 2. The number of benzene rings is 1. The Hall–Kier alpha value is -2.43. The SMILES string of the molecule is C[C@H]1CCc2nc3ccccc3c(C(=O)OCC(=O)N3CCC[C@H](C)C3)c2C1. The van der Waals surface area contributed by atoms with Gasteiger partial charge in [-0.1, -0.05) is 32.0 Å². The summed E-state index contributed by atoms with van der Waals surface area (Å²) in [6.07, 6.45) is 4.96. The highest BCUT2D eigenvalue weighted by Gasteiger charge is 2.27. The summed E-state index contributed by atoms with van der Waals surface area (Å²) >= 11 is 0. The molecule has 28 heavy (non-hydrogen) atoms. The normalized spacial score (nSPS) is 22.0. The second kappa shape index (κ2) is 7.90. The van der Waals surface area contributed by atoms with Gasteiger partial charge in [0.05, 0.1) is 11.1 Å². The van der Waals surface area contributed by atoms with Gasteiger partial charge in [-0.25, -0.2) is 4.79 Å². The van der Waals surface area contributed by atoms with Crippen molar-refractivity contribution in [2.24, 2.45) is 11.8 Å². The molecule has 5 heteroatoms. The smallest absolute Gasteiger partial charge is 0.339 e. The average molecular weight is 380 g/mol. The fourth-order valence-corrected chi connectivity index (χ4v) is 4.50. The van der Waals surface area contributed by atoms with Crippen LogP contribution in [0.5, 0.6) is 0 Å². The van der Waals surface area contributed by atoms with Gasteiger partial charge in [0.2, 0.25) is 0 Å². The van der Waals surface area contributed by atoms with Crippen LogP contribution in [0.4, 0.5) is 0 Å². The molecule has 0 unspecified atom stereocenters. The highest BCUT2D eigenvalue weighted by atomic mass is 16.5. The molecule has 0 spiro atoms. The maximum absolute atomic E-state index is 13.1. The second-order valence-corrected chi connectivity index (χ2v) is 8.44. The van der Waals surface area contributed by atoms with Crippen molar-refractivity contribution in [1.29, 1.82) is 0 Å². The van der Waals surface area contributed by atoms with Crippen LogP contribution in [0.1, 0.15) is 54.7 Å². The van der Waals surface area contributed by atoms with Gasteiger partial charge < -0.3 is 9.64 Å². The molecule has 1 saturated heterocycles. The monoisotopic (exact) mass is 380 g/mol. The molecule has 1 aromatic heterocycles. The van der Waals surface area contributed by atoms with E-state index in [0.717, 1.165) is 67.4 Å². The zero-order valence-electron chi connectivity index (χ0n) is 16.7. The molecule has 2 heterocycles. The number of piperidine rings is 1. The lowest BCUT2D eigenvalue weighted by Gasteiger charge is -2.30. The Morgan fingerprint density at radius 3 is 2.82 bits per heavy atom. The van der Waals surface area contributed by atoms with E-state index in [2.05, 4.69) is 13.8 Å². The van der Waals surface area contributed by atoms with E-state index in [4.69, 9.17) is 9.72 Å². The molecule has 4 rings (SSSR count). The van der Waals surface area contributed by atoms with Crippen molar-refractivity contribution in [2.75, 3.05) is 19.7 Å². The number of amides is 1. The summed E-state index contributed by atoms with van der Waals surface area (Å²) in [5.74, 6) is 0.521. The van der Waals surface area contributed by atoms with E-state index in [1.807, 2.05) is 29.2 Å². The second-order valence-electron chi connectivity index (χ2n) is 8.44. The summed E-state index contributed by atoms with van der Waals surface area (Å²) in [7, 11) is 0. The van der Waals surface area contributed by atoms with Gasteiger partial charge in [-0.05, 0) is 55.6 Å². The number of carbonyl (C=O) groups is 2. The van der Waals surface area contributed by atoms with Gasteiger partial charge in [-0.15, -0.1) is 0 Å². The van der Waals surface area contributed by atoms with E-state index in [-0.39, 0.29) is 12.5 Å². The lowest BCUT2D eigenvalue weighted by molar-refractivity contribution is -0.136. The number of aromatic nitrogens is 1. The first-order valence-electron chi connectivity index (χ1n) is 10.4. The zero-order valence-corrected chi connectivity index (χ0v) is 16.7. The van der Waals surface area contributed by atoms with Crippen LogP contribution in [0.15, 0.2) is 24.3 Å². The first kappa shape index (κ1) is 18.9. The van der Waals surface area contributed by atoms with Crippen LogP contribution in [0.2, 0.25) is 0 Å². The highest BCUT2D eigenvalue weighted by Crippen LogP contribution is 2.32. The highest BCUT2D eigenvalue weighted by molar-refractivity contribution is 6.05. The first-order valence-corrected chi connectivity index (χ1v) is 10.4. The van der Waals surface area contributed by atoms with Crippen molar-refractivity contribution in [3.8, 4) is 0 Å². The third-order valence-electron chi connectivity index (χ3n) is 6.05. The molecule has 1 aliphatic carbocycles. The van der Waals surface area contributed by atoms with Crippen LogP contribution in [-0.4, -0.2) is 41.5 Å². The predicted octanol–water partition coefficient (Wildman–Crippen LogP) is 3.77. The number of ether oxygens (including phenoxy) is 1. The van der Waals surface area contributed by atoms with E-state index in [9.17, 15) is 9.59 Å². The minimum Gasteiger partial charge on any atom is -0.452 e. The largest absolute Gasteiger partial charge is 0.452 e. The number of nitrogens with zero attached hydrogens (tertiary/aromatic N) is 2. The molecule has 148 valence electrons. The topological polar surface area (TPSA) is 59.5 Å². The minimum atomic E-state index is -0.401. The summed E-state index contributed by atoms with van der Waals surface area (Å²) < 4.78 is 5.53. The van der Waals surface area contributed by atoms with Crippen LogP contribution in [-0.2, 0) is 22.4 Å². The number of para-hydroxylation sites is 1. The van der Waals surface area contributed by atoms with Crippen LogP contribution >= 0.6 is 0 Å². The van der Waals surface area contributed by atoms with Gasteiger partial charge in [0.1, 0.15) is 0 Å². The number of rotatable bonds is 3. The summed E-state index contributed by atoms with van der Waals surface area (Å²) in [4.78, 5) is 32.2. The molecular weight excluding hydrogens is 352 g/mol. The molecule has 5 nitrogen and oxygen atoms in total. The number of pyridine rings is 1. The number of likely N-dealkylation sites (tertiary alicyclic amines) is 1. The fourth-order valence-electron chi connectivity index (χ4n) is 4.50. The predicted molar refractivity (Wildman–Crippen MR) is 108 cm³/mol. The molecule has 1 fully saturated rings. The molecule has 0 N–H and O–H groups in total. The number of aryl methyl sites for hydroxylation is 1. The Balaban J connectivity index is 1.58. The van der Waals surface area contributed by atoms with Gasteiger partial charge in [-0.3, -0.25) is 9.78 Å². The van der Waals surface area contributed by atoms with Crippen molar-refractivity contribution in [3.63, 3.8) is 0 Å². The van der Waals surface area contributed by atoms with Crippen LogP contribution in [0.3, 0.4) is 0 Å². The minimum absolute atomic E-state index is 0.0968. The molecule has 2 atom stereocenters. The summed E-state index contributed by atoms with van der Waals surface area (Å²) in [5, 5.41) is 0.819. The van der Waals surface area contributed by atoms with Gasteiger partial charge >= 0.3 is 5.97 Å². The van der Waals surface area contributed by atoms with Crippen LogP contribution in [0, 0.1) is 11.8 Å². The van der Waals surface area contributed by atoms with Gasteiger partial charge in [0.25, 0.3) is 5.91 Å². The van der Waals surface area contributed by atoms with Crippen molar-refractivity contribution in [3.05, 3.63) is 41.1 Å². The van der Waals surface area contributed by atoms with Crippen molar-refractivity contribution >= 4 is 22.8 Å². The van der Waals surface area contributed by atoms with Crippen molar-refractivity contribution in [1.82, 2.24) is 9.88 Å². The van der Waals surface area contributed by atoms with E-state index >= 15 is 0 Å². The van der Waals surface area contributed by atoms with Crippen LogP contribution < -0.4 is 0 Å². The maximum Gasteiger partial charge on any atom is 0.339 e. The summed E-state index contributed by atoms with van der Waals surface area (Å²) in [6.45, 7) is 5.68. The maximum atomic E-state index is 13.1. The standard InChI is InChI=1S/C23H28N2O3/c1-15-9-10-20-18(12-15)22(17-7-3-4-8-19(17)24-20)23(27)28-14-21(26)25-11-5-6-16(2)13-25/h3-4,7-8,15-16H,5-6,9-14H2,1-2H3/t15-,16-/m0/s1. The molecule has 2 aliphatic rings. The van der Waals surface area contributed by atoms with E-state index in [1.54, 1.807) is 0 Å². The zero-order chi connectivity index (χ0) is 19.7. The van der Waals surface area contributed by atoms with Gasteiger partial charge in [-0.2, -0.15) is 0 Å². The van der Waals surface area contributed by atoms with E-state index in [0.29, 0.717) is 17.4 Å². The molecule has 1 aliphatic heterocycles. The Morgan fingerprint density at radius 2 is 2.00 bits per heavy atom. The molecule has 0 saturated carbocycles. The molecule has 2 aromatic rings. The Morgan fingerprint density at radius 1 is 1.18 bits per heavy atom. The first-order chi connectivity index (χ1) is 13.5. The molecular formula is C23H28N2O3. The van der Waals surface area contributed by atoms with Crippen molar-refractivity contribution < 1.29 is 14.3 Å². The summed E-state index contributed by atoms with van der Waals surface area (Å²) in [6, 6.07) is 7.71. The lowest BCUT2D eigenvalue weighted by Crippen LogP contribution is -2.41. The van der Waals surface area contributed by atoms with Gasteiger partial charge in [0, 0.05) is 24.2 Å². The summed E-state index contributed by atoms with van der Waals surface area (Å²) in [5.41, 5.74) is 3.42. The number of esters is 1. The quantitative estimate of drug-likeness (QED) is 0.761. The molecule has 1 aromatic carbocycles. The number of fused-ring (bicyclic) bond motifs is 2. The van der Waals surface area contributed by atoms with Crippen LogP contribution in [0.25, 0.3) is 10.9 Å². The third-order valence-corrected chi connectivity index (χ3v) is 6.05. The molecule has 1 amide bonds. The van der Waals surface area contributed by atoms with E-state index < -0.39 is 5.97 Å². The Kier molecular flexibility index (Phi) is 5.33. The number of hydrogen-bond acceptors (Lipinski definition) is 4. The average Bonchev–Trinajstić information content (AvgIpc) is 2.70. The third kappa shape index (κ3) is 3.75. The van der Waals surface area contributed by atoms with Crippen molar-refractivity contribution in [2.45, 2.75) is 46.0 Å².